The van der Waals surface area contributed by atoms with Gasteiger partial charge in [0, 0.05) is 43.5 Å². The van der Waals surface area contributed by atoms with Crippen molar-refractivity contribution in [2.75, 3.05) is 37.7 Å². The Labute approximate surface area is 165 Å². The Morgan fingerprint density at radius 2 is 1.93 bits per heavy atom. The molecule has 0 saturated carbocycles. The number of aromatic nitrogens is 1. The molecule has 0 spiro atoms. The number of esters is 1. The summed E-state index contributed by atoms with van der Waals surface area (Å²) in [7, 11) is 0. The predicted octanol–water partition coefficient (Wildman–Crippen LogP) is 2.15. The SMILES string of the molecule is O=C(OCC(=O)N1CCN(c2ccccn2)CC1)c1ccc(Cl)cc1[N+](=O)[O-]. The number of amides is 1. The number of hydrogen-bond acceptors (Lipinski definition) is 7. The van der Waals surface area contributed by atoms with Crippen molar-refractivity contribution >= 4 is 35.0 Å². The highest BCUT2D eigenvalue weighted by atomic mass is 35.5. The van der Waals surface area contributed by atoms with E-state index < -0.39 is 23.2 Å². The van der Waals surface area contributed by atoms with Gasteiger partial charge in [0.05, 0.1) is 4.92 Å². The minimum Gasteiger partial charge on any atom is -0.452 e. The third-order valence-corrected chi connectivity index (χ3v) is 4.54. The molecule has 3 rings (SSSR count). The lowest BCUT2D eigenvalue weighted by Gasteiger charge is -2.35. The third-order valence-electron chi connectivity index (χ3n) is 4.31. The van der Waals surface area contributed by atoms with Gasteiger partial charge in [-0.1, -0.05) is 17.7 Å². The lowest BCUT2D eigenvalue weighted by atomic mass is 10.2. The predicted molar refractivity (Wildman–Crippen MR) is 101 cm³/mol. The number of nitro benzene ring substituents is 1. The van der Waals surface area contributed by atoms with Gasteiger partial charge in [-0.05, 0) is 24.3 Å². The molecule has 1 aromatic carbocycles. The number of halogens is 1. The zero-order valence-corrected chi connectivity index (χ0v) is 15.5. The van der Waals surface area contributed by atoms with E-state index in [9.17, 15) is 19.7 Å². The van der Waals surface area contributed by atoms with Crippen molar-refractivity contribution < 1.29 is 19.2 Å². The fourth-order valence-corrected chi connectivity index (χ4v) is 3.02. The number of anilines is 1. The summed E-state index contributed by atoms with van der Waals surface area (Å²) in [6, 6.07) is 9.26. The number of carbonyl (C=O) groups excluding carboxylic acids is 2. The number of hydrogen-bond donors (Lipinski definition) is 0. The fraction of sp³-hybridized carbons (Fsp3) is 0.278. The Kier molecular flexibility index (Phi) is 6.05. The van der Waals surface area contributed by atoms with Crippen molar-refractivity contribution in [2.24, 2.45) is 0 Å². The van der Waals surface area contributed by atoms with Gasteiger partial charge in [0.25, 0.3) is 11.6 Å². The van der Waals surface area contributed by atoms with Crippen LogP contribution in [0.15, 0.2) is 42.6 Å². The molecule has 1 saturated heterocycles. The van der Waals surface area contributed by atoms with Crippen LogP contribution in [0.4, 0.5) is 11.5 Å². The van der Waals surface area contributed by atoms with Crippen molar-refractivity contribution in [3.63, 3.8) is 0 Å². The van der Waals surface area contributed by atoms with E-state index in [1.54, 1.807) is 11.1 Å². The average molecular weight is 405 g/mol. The fourth-order valence-electron chi connectivity index (χ4n) is 2.85. The first kappa shape index (κ1) is 19.6. The second-order valence-corrected chi connectivity index (χ2v) is 6.49. The van der Waals surface area contributed by atoms with E-state index in [2.05, 4.69) is 9.88 Å². The molecule has 0 atom stereocenters. The number of benzene rings is 1. The highest BCUT2D eigenvalue weighted by Gasteiger charge is 2.25. The van der Waals surface area contributed by atoms with Crippen LogP contribution in [0, 0.1) is 10.1 Å². The van der Waals surface area contributed by atoms with E-state index in [0.717, 1.165) is 11.9 Å². The van der Waals surface area contributed by atoms with Crippen molar-refractivity contribution in [1.29, 1.82) is 0 Å². The number of nitro groups is 1. The molecule has 1 aliphatic heterocycles. The highest BCUT2D eigenvalue weighted by molar-refractivity contribution is 6.31. The summed E-state index contributed by atoms with van der Waals surface area (Å²) < 4.78 is 4.98. The van der Waals surface area contributed by atoms with Crippen molar-refractivity contribution in [2.45, 2.75) is 0 Å². The van der Waals surface area contributed by atoms with Gasteiger partial charge in [0.1, 0.15) is 11.4 Å². The Hall–Kier alpha value is -3.20. The maximum absolute atomic E-state index is 12.3. The summed E-state index contributed by atoms with van der Waals surface area (Å²) in [4.78, 5) is 42.7. The quantitative estimate of drug-likeness (QED) is 0.427. The van der Waals surface area contributed by atoms with Crippen LogP contribution in [0.5, 0.6) is 0 Å². The molecule has 10 heteroatoms. The number of ether oxygens (including phenoxy) is 1. The van der Waals surface area contributed by atoms with Gasteiger partial charge in [-0.15, -0.1) is 0 Å². The monoisotopic (exact) mass is 404 g/mol. The van der Waals surface area contributed by atoms with E-state index in [-0.39, 0.29) is 16.5 Å². The van der Waals surface area contributed by atoms with E-state index in [1.807, 2.05) is 18.2 Å². The second kappa shape index (κ2) is 8.66. The number of piperazine rings is 1. The van der Waals surface area contributed by atoms with Gasteiger partial charge in [-0.25, -0.2) is 9.78 Å². The maximum atomic E-state index is 12.3. The van der Waals surface area contributed by atoms with Crippen LogP contribution >= 0.6 is 11.6 Å². The third kappa shape index (κ3) is 4.55. The highest BCUT2D eigenvalue weighted by Crippen LogP contribution is 2.24. The number of nitrogens with zero attached hydrogens (tertiary/aromatic N) is 4. The van der Waals surface area contributed by atoms with E-state index in [4.69, 9.17) is 16.3 Å². The van der Waals surface area contributed by atoms with Crippen LogP contribution in [0.1, 0.15) is 10.4 Å². The van der Waals surface area contributed by atoms with Gasteiger partial charge >= 0.3 is 5.97 Å². The van der Waals surface area contributed by atoms with Gasteiger partial charge in [-0.2, -0.15) is 0 Å². The first-order valence-corrected chi connectivity index (χ1v) is 8.88. The van der Waals surface area contributed by atoms with Crippen LogP contribution in [0.3, 0.4) is 0 Å². The minimum atomic E-state index is -0.941. The summed E-state index contributed by atoms with van der Waals surface area (Å²) in [6.45, 7) is 1.67. The molecule has 9 nitrogen and oxygen atoms in total. The standard InChI is InChI=1S/C18H17ClN4O5/c19-13-4-5-14(15(11-13)23(26)27)18(25)28-12-17(24)22-9-7-21(8-10-22)16-3-1-2-6-20-16/h1-6,11H,7-10,12H2. The van der Waals surface area contributed by atoms with Crippen LogP contribution in [-0.2, 0) is 9.53 Å². The Bertz CT molecular complexity index is 885. The van der Waals surface area contributed by atoms with E-state index >= 15 is 0 Å². The first-order chi connectivity index (χ1) is 13.5. The summed E-state index contributed by atoms with van der Waals surface area (Å²) in [5.74, 6) is -0.453. The van der Waals surface area contributed by atoms with Crippen molar-refractivity contribution in [3.05, 3.63) is 63.3 Å². The van der Waals surface area contributed by atoms with Crippen molar-refractivity contribution in [3.8, 4) is 0 Å². The summed E-state index contributed by atoms with van der Waals surface area (Å²) in [6.07, 6.45) is 1.71. The Balaban J connectivity index is 1.54. The largest absolute Gasteiger partial charge is 0.452 e. The van der Waals surface area contributed by atoms with Crippen LogP contribution in [0.2, 0.25) is 5.02 Å². The molecule has 0 N–H and O–H groups in total. The summed E-state index contributed by atoms with van der Waals surface area (Å²) in [5, 5.41) is 11.2. The number of carbonyl (C=O) groups is 2. The molecule has 0 unspecified atom stereocenters. The molecule has 1 aliphatic rings. The summed E-state index contributed by atoms with van der Waals surface area (Å²) >= 11 is 5.72. The Morgan fingerprint density at radius 1 is 1.18 bits per heavy atom. The van der Waals surface area contributed by atoms with Crippen LogP contribution < -0.4 is 4.90 Å². The molecule has 28 heavy (non-hydrogen) atoms. The van der Waals surface area contributed by atoms with Crippen molar-refractivity contribution in [1.82, 2.24) is 9.88 Å². The molecule has 2 heterocycles. The molecule has 1 aromatic heterocycles. The zero-order chi connectivity index (χ0) is 20.1. The lowest BCUT2D eigenvalue weighted by molar-refractivity contribution is -0.385. The lowest BCUT2D eigenvalue weighted by Crippen LogP contribution is -2.50. The molecule has 2 aromatic rings. The normalized spacial score (nSPS) is 13.9. The van der Waals surface area contributed by atoms with Gasteiger partial charge in [0.15, 0.2) is 6.61 Å². The molecule has 1 amide bonds. The smallest absolute Gasteiger partial charge is 0.345 e. The Morgan fingerprint density at radius 3 is 2.57 bits per heavy atom. The summed E-state index contributed by atoms with van der Waals surface area (Å²) in [5.41, 5.74) is -0.712. The van der Waals surface area contributed by atoms with Crippen LogP contribution in [-0.4, -0.2) is 59.5 Å². The van der Waals surface area contributed by atoms with E-state index in [1.165, 1.54) is 12.1 Å². The molecule has 1 fully saturated rings. The van der Waals surface area contributed by atoms with Gasteiger partial charge < -0.3 is 14.5 Å². The molecular weight excluding hydrogens is 388 g/mol. The molecular formula is C18H17ClN4O5. The van der Waals surface area contributed by atoms with Gasteiger partial charge in [0.2, 0.25) is 0 Å². The van der Waals surface area contributed by atoms with Crippen LogP contribution in [0.25, 0.3) is 0 Å². The molecule has 0 aliphatic carbocycles. The maximum Gasteiger partial charge on any atom is 0.345 e. The topological polar surface area (TPSA) is 106 Å². The zero-order valence-electron chi connectivity index (χ0n) is 14.8. The average Bonchev–Trinajstić information content (AvgIpc) is 2.72. The van der Waals surface area contributed by atoms with Gasteiger partial charge in [-0.3, -0.25) is 14.9 Å². The number of pyridine rings is 1. The minimum absolute atomic E-state index is 0.130. The molecule has 146 valence electrons. The molecule has 0 bridgehead atoms. The second-order valence-electron chi connectivity index (χ2n) is 6.05. The number of rotatable bonds is 5. The molecule has 0 radical (unpaired) electrons. The van der Waals surface area contributed by atoms with E-state index in [0.29, 0.717) is 26.2 Å². The first-order valence-electron chi connectivity index (χ1n) is 8.50.